The van der Waals surface area contributed by atoms with E-state index >= 15 is 0 Å². The smallest absolute Gasteiger partial charge is 0.255 e. The maximum absolute atomic E-state index is 14.7. The van der Waals surface area contributed by atoms with Crippen LogP contribution in [0.4, 0.5) is 10.1 Å². The maximum atomic E-state index is 14.7. The van der Waals surface area contributed by atoms with Gasteiger partial charge in [-0.3, -0.25) is 24.6 Å². The van der Waals surface area contributed by atoms with Gasteiger partial charge in [-0.15, -0.1) is 0 Å². The summed E-state index contributed by atoms with van der Waals surface area (Å²) in [5.41, 5.74) is 1.74. The summed E-state index contributed by atoms with van der Waals surface area (Å²) in [5, 5.41) is 5.27. The highest BCUT2D eigenvalue weighted by Crippen LogP contribution is 2.32. The minimum atomic E-state index is -0.887. The third-order valence-corrected chi connectivity index (χ3v) is 6.44. The second-order valence-corrected chi connectivity index (χ2v) is 8.67. The van der Waals surface area contributed by atoms with Gasteiger partial charge in [-0.05, 0) is 36.2 Å². The van der Waals surface area contributed by atoms with Gasteiger partial charge in [0.15, 0.2) is 0 Å². The summed E-state index contributed by atoms with van der Waals surface area (Å²) in [6.07, 6.45) is 0.242. The van der Waals surface area contributed by atoms with Crippen molar-refractivity contribution >= 4 is 23.4 Å². The minimum absolute atomic E-state index is 0.00446. The highest BCUT2D eigenvalue weighted by molar-refractivity contribution is 6.06. The first kappa shape index (κ1) is 19.1. The highest BCUT2D eigenvalue weighted by atomic mass is 19.1. The molecule has 2 aromatic carbocycles. The Kier molecular flexibility index (Phi) is 5.33. The normalized spacial score (nSPS) is 22.1. The van der Waals surface area contributed by atoms with Crippen molar-refractivity contribution in [3.63, 3.8) is 0 Å². The summed E-state index contributed by atoms with van der Waals surface area (Å²) in [5.74, 6) is -2.01. The molecule has 3 aliphatic rings. The summed E-state index contributed by atoms with van der Waals surface area (Å²) in [6.45, 7) is 3.50. The number of amides is 3. The van der Waals surface area contributed by atoms with Gasteiger partial charge in [0, 0.05) is 61.5 Å². The molecule has 3 heterocycles. The zero-order valence-electron chi connectivity index (χ0n) is 21.6. The van der Waals surface area contributed by atoms with Crippen molar-refractivity contribution in [1.29, 1.82) is 0 Å². The van der Waals surface area contributed by atoms with Crippen molar-refractivity contribution < 1.29 is 27.6 Å². The molecule has 178 valence electrons. The summed E-state index contributed by atoms with van der Waals surface area (Å²) >= 11 is 0. The van der Waals surface area contributed by atoms with Crippen LogP contribution in [0.1, 0.15) is 44.0 Å². The lowest BCUT2D eigenvalue weighted by Crippen LogP contribution is -2.52. The van der Waals surface area contributed by atoms with Crippen LogP contribution in [0, 0.1) is 5.82 Å². The third-order valence-electron chi connectivity index (χ3n) is 6.44. The number of carbonyl (C=O) groups is 3. The summed E-state index contributed by atoms with van der Waals surface area (Å²) < 4.78 is 45.0. The van der Waals surface area contributed by atoms with Gasteiger partial charge in [-0.1, -0.05) is 12.1 Å². The van der Waals surface area contributed by atoms with E-state index in [0.29, 0.717) is 30.9 Å². The third kappa shape index (κ3) is 4.53. The zero-order valence-corrected chi connectivity index (χ0v) is 18.6. The van der Waals surface area contributed by atoms with E-state index in [9.17, 15) is 18.8 Å². The first-order valence-corrected chi connectivity index (χ1v) is 11.3. The Hall–Kier alpha value is -3.30. The van der Waals surface area contributed by atoms with Gasteiger partial charge < -0.3 is 15.0 Å². The van der Waals surface area contributed by atoms with Crippen molar-refractivity contribution in [2.45, 2.75) is 38.5 Å². The lowest BCUT2D eigenvalue weighted by molar-refractivity contribution is -0.136. The molecule has 1 unspecified atom stereocenters. The molecule has 2 aromatic rings. The van der Waals surface area contributed by atoms with Gasteiger partial charge in [-0.25, -0.2) is 4.39 Å². The number of piperidine rings is 1. The van der Waals surface area contributed by atoms with Crippen molar-refractivity contribution in [1.82, 2.24) is 15.1 Å². The second-order valence-electron chi connectivity index (χ2n) is 8.67. The molecule has 8 nitrogen and oxygen atoms in total. The molecule has 9 heteroatoms. The van der Waals surface area contributed by atoms with Crippen molar-refractivity contribution in [3.8, 4) is 0 Å². The van der Waals surface area contributed by atoms with E-state index in [1.165, 1.54) is 11.0 Å². The lowest BCUT2D eigenvalue weighted by Gasteiger charge is -2.29. The molecule has 2 fully saturated rings. The minimum Gasteiger partial charge on any atom is -0.381 e. The fourth-order valence-electron chi connectivity index (χ4n) is 4.60. The average molecular weight is 470 g/mol. The standard InChI is InChI=1S/C25H27FN4O4/c26-20-5-4-16(14-29-8-10-34-11-9-29)12-17(20)13-27-21-3-1-2-18-19(21)15-30(25(18)33)22-6-7-23(31)28-24(22)32/h1-5,12,22,27H,6-11,13-15H2,(H,28,31,32)/i1D,2D,3D. The number of anilines is 1. The van der Waals surface area contributed by atoms with E-state index in [1.807, 2.05) is 0 Å². The molecule has 0 saturated carbocycles. The number of ether oxygens (including phenoxy) is 1. The summed E-state index contributed by atoms with van der Waals surface area (Å²) in [6, 6.07) is 2.91. The van der Waals surface area contributed by atoms with Crippen LogP contribution in [0.15, 0.2) is 36.3 Å². The van der Waals surface area contributed by atoms with Crippen LogP contribution in [0.25, 0.3) is 0 Å². The first-order chi connectivity index (χ1) is 17.7. The van der Waals surface area contributed by atoms with Crippen molar-refractivity contribution in [3.05, 3.63) is 64.4 Å². The molecule has 0 aliphatic carbocycles. The van der Waals surface area contributed by atoms with E-state index < -0.39 is 35.6 Å². The molecule has 2 saturated heterocycles. The van der Waals surface area contributed by atoms with E-state index in [0.717, 1.165) is 18.7 Å². The fraction of sp³-hybridized carbons (Fsp3) is 0.400. The van der Waals surface area contributed by atoms with E-state index in [4.69, 9.17) is 8.85 Å². The molecule has 3 amide bonds. The Morgan fingerprint density at radius 2 is 2.03 bits per heavy atom. The average Bonchev–Trinajstić information content (AvgIpc) is 3.21. The van der Waals surface area contributed by atoms with Crippen LogP contribution in [0.5, 0.6) is 0 Å². The molecule has 0 aromatic heterocycles. The largest absolute Gasteiger partial charge is 0.381 e. The number of carbonyl (C=O) groups excluding carboxylic acids is 3. The number of hydrogen-bond donors (Lipinski definition) is 2. The number of imide groups is 1. The molecule has 0 bridgehead atoms. The van der Waals surface area contributed by atoms with Crippen molar-refractivity contribution in [2.75, 3.05) is 31.6 Å². The molecule has 0 spiro atoms. The van der Waals surface area contributed by atoms with Crippen LogP contribution in [0.3, 0.4) is 0 Å². The Morgan fingerprint density at radius 3 is 2.82 bits per heavy atom. The van der Waals surface area contributed by atoms with Crippen LogP contribution in [-0.2, 0) is 34.0 Å². The van der Waals surface area contributed by atoms with Gasteiger partial charge in [0.25, 0.3) is 5.91 Å². The van der Waals surface area contributed by atoms with Gasteiger partial charge in [0.1, 0.15) is 11.9 Å². The zero-order chi connectivity index (χ0) is 26.3. The Labute approximate surface area is 201 Å². The molecule has 3 aliphatic heterocycles. The number of hydrogen-bond acceptors (Lipinski definition) is 6. The van der Waals surface area contributed by atoms with Gasteiger partial charge >= 0.3 is 0 Å². The van der Waals surface area contributed by atoms with Gasteiger partial charge in [-0.2, -0.15) is 0 Å². The Bertz CT molecular complexity index is 1290. The number of nitrogens with zero attached hydrogens (tertiary/aromatic N) is 2. The molecule has 0 radical (unpaired) electrons. The highest BCUT2D eigenvalue weighted by Gasteiger charge is 2.39. The number of morpholine rings is 1. The maximum Gasteiger partial charge on any atom is 0.255 e. The number of halogens is 1. The molecule has 34 heavy (non-hydrogen) atoms. The number of rotatable bonds is 6. The van der Waals surface area contributed by atoms with Gasteiger partial charge in [0.05, 0.1) is 17.3 Å². The molecule has 5 rings (SSSR count). The predicted octanol–water partition coefficient (Wildman–Crippen LogP) is 2.03. The number of nitrogens with one attached hydrogen (secondary N) is 2. The van der Waals surface area contributed by atoms with E-state index in [-0.39, 0.29) is 49.3 Å². The second kappa shape index (κ2) is 9.52. The first-order valence-electron chi connectivity index (χ1n) is 12.8. The monoisotopic (exact) mass is 469 g/mol. The van der Waals surface area contributed by atoms with E-state index in [2.05, 4.69) is 15.5 Å². The lowest BCUT2D eigenvalue weighted by atomic mass is 10.0. The Morgan fingerprint density at radius 1 is 1.21 bits per heavy atom. The van der Waals surface area contributed by atoms with Gasteiger partial charge in [0.2, 0.25) is 11.8 Å². The quantitative estimate of drug-likeness (QED) is 0.630. The summed E-state index contributed by atoms with van der Waals surface area (Å²) in [7, 11) is 0. The van der Waals surface area contributed by atoms with Crippen LogP contribution in [-0.4, -0.2) is 59.9 Å². The van der Waals surface area contributed by atoms with Crippen LogP contribution < -0.4 is 10.6 Å². The fourth-order valence-corrected chi connectivity index (χ4v) is 4.60. The van der Waals surface area contributed by atoms with Crippen molar-refractivity contribution in [2.24, 2.45) is 0 Å². The number of fused-ring (bicyclic) bond motifs is 1. The van der Waals surface area contributed by atoms with Crippen LogP contribution in [0.2, 0.25) is 0 Å². The molecule has 2 N–H and O–H groups in total. The topological polar surface area (TPSA) is 91.0 Å². The number of benzene rings is 2. The molecular formula is C25H27FN4O4. The van der Waals surface area contributed by atoms with E-state index in [1.54, 1.807) is 12.1 Å². The molecule has 1 atom stereocenters. The summed E-state index contributed by atoms with van der Waals surface area (Å²) in [4.78, 5) is 40.7. The Balaban J connectivity index is 1.40. The van der Waals surface area contributed by atoms with Crippen LogP contribution >= 0.6 is 0 Å². The molecular weight excluding hydrogens is 439 g/mol. The predicted molar refractivity (Wildman–Crippen MR) is 122 cm³/mol. The SMILES string of the molecule is [2H]c1c([2H])c(NCc2cc(CN3CCOCC3)ccc2F)c2c(c1[2H])C(=O)N(C1CCC(=O)NC1=O)C2.